The minimum absolute atomic E-state index is 0.347. The first-order valence-corrected chi connectivity index (χ1v) is 8.18. The molecule has 2 nitrogen and oxygen atoms in total. The molecule has 1 aromatic rings. The Balaban J connectivity index is 2.22. The molecule has 3 heteroatoms. The SMILES string of the molecule is CC[C@@H](O)c1ccccc1N1CCSC(C)(C)CC1. The number of para-hydroxylation sites is 1. The van der Waals surface area contributed by atoms with Gasteiger partial charge < -0.3 is 10.0 Å². The second kappa shape index (κ2) is 6.19. The van der Waals surface area contributed by atoms with Crippen molar-refractivity contribution < 1.29 is 5.11 Å². The molecule has 1 heterocycles. The predicted octanol–water partition coefficient (Wildman–Crippen LogP) is 3.85. The van der Waals surface area contributed by atoms with Gasteiger partial charge in [0, 0.05) is 34.8 Å². The molecule has 1 aromatic carbocycles. The number of aliphatic hydroxyl groups excluding tert-OH is 1. The highest BCUT2D eigenvalue weighted by atomic mass is 32.2. The number of benzene rings is 1. The Bertz CT molecular complexity index is 419. The minimum atomic E-state index is -0.347. The molecule has 2 rings (SSSR count). The molecule has 0 unspecified atom stereocenters. The number of aliphatic hydroxyl groups is 1. The fraction of sp³-hybridized carbons (Fsp3) is 0.625. The van der Waals surface area contributed by atoms with Gasteiger partial charge in [-0.2, -0.15) is 11.8 Å². The summed E-state index contributed by atoms with van der Waals surface area (Å²) in [7, 11) is 0. The summed E-state index contributed by atoms with van der Waals surface area (Å²) in [6.45, 7) is 8.83. The predicted molar refractivity (Wildman–Crippen MR) is 85.1 cm³/mol. The van der Waals surface area contributed by atoms with E-state index < -0.39 is 0 Å². The van der Waals surface area contributed by atoms with E-state index in [4.69, 9.17) is 0 Å². The Morgan fingerprint density at radius 2 is 2.05 bits per heavy atom. The van der Waals surface area contributed by atoms with Gasteiger partial charge in [0.15, 0.2) is 0 Å². The Morgan fingerprint density at radius 3 is 2.79 bits per heavy atom. The molecule has 0 amide bonds. The molecular formula is C16H25NOS. The average Bonchev–Trinajstić information content (AvgIpc) is 2.59. The van der Waals surface area contributed by atoms with E-state index in [1.54, 1.807) is 0 Å². The lowest BCUT2D eigenvalue weighted by atomic mass is 10.0. The Hall–Kier alpha value is -0.670. The zero-order chi connectivity index (χ0) is 13.9. The van der Waals surface area contributed by atoms with Crippen LogP contribution >= 0.6 is 11.8 Å². The van der Waals surface area contributed by atoms with Gasteiger partial charge in [-0.3, -0.25) is 0 Å². The summed E-state index contributed by atoms with van der Waals surface area (Å²) in [6, 6.07) is 8.31. The summed E-state index contributed by atoms with van der Waals surface area (Å²) in [5, 5.41) is 10.2. The second-order valence-electron chi connectivity index (χ2n) is 5.83. The summed E-state index contributed by atoms with van der Waals surface area (Å²) in [4.78, 5) is 2.44. The molecule has 0 spiro atoms. The molecule has 1 atom stereocenters. The van der Waals surface area contributed by atoms with Crippen LogP contribution in [0.5, 0.6) is 0 Å². The number of hydrogen-bond acceptors (Lipinski definition) is 3. The summed E-state index contributed by atoms with van der Waals surface area (Å²) in [5.41, 5.74) is 2.30. The fourth-order valence-electron chi connectivity index (χ4n) is 2.54. The lowest BCUT2D eigenvalue weighted by Crippen LogP contribution is -2.28. The largest absolute Gasteiger partial charge is 0.388 e. The summed E-state index contributed by atoms with van der Waals surface area (Å²) in [6.07, 6.45) is 1.61. The first-order valence-electron chi connectivity index (χ1n) is 7.19. The highest BCUT2D eigenvalue weighted by Gasteiger charge is 2.25. The molecule has 0 bridgehead atoms. The summed E-state index contributed by atoms with van der Waals surface area (Å²) >= 11 is 2.06. The molecule has 0 aliphatic carbocycles. The highest BCUT2D eigenvalue weighted by molar-refractivity contribution is 8.00. The quantitative estimate of drug-likeness (QED) is 0.909. The smallest absolute Gasteiger partial charge is 0.0807 e. The molecule has 1 fully saturated rings. The van der Waals surface area contributed by atoms with Crippen molar-refractivity contribution in [3.05, 3.63) is 29.8 Å². The average molecular weight is 279 g/mol. The van der Waals surface area contributed by atoms with Gasteiger partial charge >= 0.3 is 0 Å². The van der Waals surface area contributed by atoms with Crippen molar-refractivity contribution >= 4 is 17.4 Å². The van der Waals surface area contributed by atoms with Crippen LogP contribution in [-0.4, -0.2) is 28.7 Å². The third-order valence-electron chi connectivity index (χ3n) is 3.86. The van der Waals surface area contributed by atoms with Crippen LogP contribution in [0.15, 0.2) is 24.3 Å². The maximum Gasteiger partial charge on any atom is 0.0807 e. The zero-order valence-electron chi connectivity index (χ0n) is 12.2. The topological polar surface area (TPSA) is 23.5 Å². The van der Waals surface area contributed by atoms with Gasteiger partial charge in [0.05, 0.1) is 6.10 Å². The lowest BCUT2D eigenvalue weighted by molar-refractivity contribution is 0.174. The van der Waals surface area contributed by atoms with Crippen molar-refractivity contribution in [1.82, 2.24) is 0 Å². The zero-order valence-corrected chi connectivity index (χ0v) is 13.0. The third kappa shape index (κ3) is 3.67. The van der Waals surface area contributed by atoms with Gasteiger partial charge in [0.2, 0.25) is 0 Å². The second-order valence-corrected chi connectivity index (χ2v) is 7.63. The molecule has 1 aliphatic heterocycles. The van der Waals surface area contributed by atoms with E-state index in [0.717, 1.165) is 30.8 Å². The van der Waals surface area contributed by atoms with Crippen LogP contribution in [-0.2, 0) is 0 Å². The van der Waals surface area contributed by atoms with Gasteiger partial charge in [0.1, 0.15) is 0 Å². The van der Waals surface area contributed by atoms with Crippen molar-refractivity contribution in [3.8, 4) is 0 Å². The minimum Gasteiger partial charge on any atom is -0.388 e. The van der Waals surface area contributed by atoms with E-state index in [1.165, 1.54) is 12.1 Å². The number of anilines is 1. The number of thioether (sulfide) groups is 1. The monoisotopic (exact) mass is 279 g/mol. The highest BCUT2D eigenvalue weighted by Crippen LogP contribution is 2.34. The van der Waals surface area contributed by atoms with Crippen LogP contribution in [0.2, 0.25) is 0 Å². The van der Waals surface area contributed by atoms with Gasteiger partial charge in [0.25, 0.3) is 0 Å². The van der Waals surface area contributed by atoms with Crippen molar-refractivity contribution in [2.75, 3.05) is 23.7 Å². The molecule has 106 valence electrons. The Kier molecular flexibility index (Phi) is 4.80. The van der Waals surface area contributed by atoms with E-state index in [2.05, 4.69) is 48.7 Å². The van der Waals surface area contributed by atoms with E-state index >= 15 is 0 Å². The van der Waals surface area contributed by atoms with Crippen LogP contribution in [0.25, 0.3) is 0 Å². The standard InChI is InChI=1S/C16H25NOS/c1-4-15(18)13-7-5-6-8-14(13)17-10-9-16(2,3)19-12-11-17/h5-8,15,18H,4,9-12H2,1-3H3/t15-/m1/s1. The van der Waals surface area contributed by atoms with Gasteiger partial charge in [-0.05, 0) is 18.9 Å². The van der Waals surface area contributed by atoms with E-state index in [1.807, 2.05) is 13.0 Å². The van der Waals surface area contributed by atoms with Crippen LogP contribution in [0, 0.1) is 0 Å². The molecule has 0 aromatic heterocycles. The molecule has 1 aliphatic rings. The normalized spacial score (nSPS) is 20.9. The van der Waals surface area contributed by atoms with Crippen LogP contribution in [0.1, 0.15) is 45.3 Å². The van der Waals surface area contributed by atoms with Crippen LogP contribution in [0.3, 0.4) is 0 Å². The lowest BCUT2D eigenvalue weighted by Gasteiger charge is -2.27. The summed E-state index contributed by atoms with van der Waals surface area (Å²) in [5.74, 6) is 1.16. The van der Waals surface area contributed by atoms with E-state index in [-0.39, 0.29) is 6.10 Å². The maximum atomic E-state index is 10.2. The Labute approximate surface area is 121 Å². The van der Waals surface area contributed by atoms with Gasteiger partial charge in [-0.25, -0.2) is 0 Å². The third-order valence-corrected chi connectivity index (χ3v) is 5.23. The molecule has 0 saturated carbocycles. The molecule has 1 N–H and O–H groups in total. The molecule has 1 saturated heterocycles. The number of rotatable bonds is 3. The summed E-state index contributed by atoms with van der Waals surface area (Å²) < 4.78 is 0.368. The molecule has 19 heavy (non-hydrogen) atoms. The van der Waals surface area contributed by atoms with E-state index in [9.17, 15) is 5.11 Å². The Morgan fingerprint density at radius 1 is 1.32 bits per heavy atom. The first kappa shape index (κ1) is 14.7. The maximum absolute atomic E-state index is 10.2. The van der Waals surface area contributed by atoms with Crippen LogP contribution in [0.4, 0.5) is 5.69 Å². The van der Waals surface area contributed by atoms with Crippen molar-refractivity contribution in [2.24, 2.45) is 0 Å². The number of nitrogens with zero attached hydrogens (tertiary/aromatic N) is 1. The molecular weight excluding hydrogens is 254 g/mol. The van der Waals surface area contributed by atoms with Gasteiger partial charge in [-0.15, -0.1) is 0 Å². The first-order chi connectivity index (χ1) is 9.03. The van der Waals surface area contributed by atoms with Crippen LogP contribution < -0.4 is 4.90 Å². The number of hydrogen-bond donors (Lipinski definition) is 1. The van der Waals surface area contributed by atoms with E-state index in [0.29, 0.717) is 4.75 Å². The van der Waals surface area contributed by atoms with Crippen molar-refractivity contribution in [2.45, 2.75) is 44.5 Å². The fourth-order valence-corrected chi connectivity index (χ4v) is 3.64. The van der Waals surface area contributed by atoms with Crippen molar-refractivity contribution in [3.63, 3.8) is 0 Å². The molecule has 0 radical (unpaired) electrons. The van der Waals surface area contributed by atoms with Gasteiger partial charge in [-0.1, -0.05) is 39.0 Å². The van der Waals surface area contributed by atoms with Crippen molar-refractivity contribution in [1.29, 1.82) is 0 Å².